The molecule has 1 heterocycles. The molecule has 1 aromatic rings. The molecule has 1 aromatic carbocycles. The van der Waals surface area contributed by atoms with Crippen LogP contribution < -0.4 is 5.32 Å². The van der Waals surface area contributed by atoms with Crippen molar-refractivity contribution in [1.29, 1.82) is 5.26 Å². The lowest BCUT2D eigenvalue weighted by atomic mass is 10.1. The summed E-state index contributed by atoms with van der Waals surface area (Å²) >= 11 is 0. The molecule has 1 saturated heterocycles. The van der Waals surface area contributed by atoms with E-state index in [1.165, 1.54) is 0 Å². The Morgan fingerprint density at radius 3 is 2.81 bits per heavy atom. The normalized spacial score (nSPS) is 16.4. The van der Waals surface area contributed by atoms with Gasteiger partial charge in [-0.3, -0.25) is 9.69 Å². The van der Waals surface area contributed by atoms with E-state index in [4.69, 9.17) is 10.00 Å². The summed E-state index contributed by atoms with van der Waals surface area (Å²) in [5.74, 6) is -0.0763. The van der Waals surface area contributed by atoms with Crippen molar-refractivity contribution in [2.45, 2.75) is 25.9 Å². The van der Waals surface area contributed by atoms with Crippen molar-refractivity contribution in [2.75, 3.05) is 31.6 Å². The summed E-state index contributed by atoms with van der Waals surface area (Å²) in [7, 11) is 0. The molecule has 1 aliphatic rings. The first-order chi connectivity index (χ1) is 10.2. The summed E-state index contributed by atoms with van der Waals surface area (Å²) in [4.78, 5) is 14.2. The first kappa shape index (κ1) is 15.5. The van der Waals surface area contributed by atoms with Crippen molar-refractivity contribution in [3.63, 3.8) is 0 Å². The van der Waals surface area contributed by atoms with E-state index in [0.717, 1.165) is 32.5 Å². The second-order valence-corrected chi connectivity index (χ2v) is 5.14. The van der Waals surface area contributed by atoms with Crippen LogP contribution in [0.5, 0.6) is 0 Å². The van der Waals surface area contributed by atoms with Gasteiger partial charge in [-0.05, 0) is 31.9 Å². The first-order valence-electron chi connectivity index (χ1n) is 7.36. The van der Waals surface area contributed by atoms with Crippen molar-refractivity contribution < 1.29 is 9.53 Å². The Balaban J connectivity index is 1.82. The molecular weight excluding hydrogens is 266 g/mol. The Morgan fingerprint density at radius 1 is 1.43 bits per heavy atom. The fourth-order valence-electron chi connectivity index (χ4n) is 2.55. The molecule has 0 bridgehead atoms. The second kappa shape index (κ2) is 7.77. The third-order valence-electron chi connectivity index (χ3n) is 3.63. The minimum Gasteiger partial charge on any atom is -0.378 e. The van der Waals surface area contributed by atoms with Gasteiger partial charge in [0.2, 0.25) is 5.91 Å². The standard InChI is InChI=1S/C16H21N3O2/c1-2-21-14-7-9-19(10-8-14)12-16(20)18-15-6-4-3-5-13(15)11-17/h3-6,14H,2,7-10,12H2,1H3,(H,18,20). The molecule has 0 unspecified atom stereocenters. The number of piperidine rings is 1. The number of carbonyl (C=O) groups excluding carboxylic acids is 1. The Kier molecular flexibility index (Phi) is 5.73. The van der Waals surface area contributed by atoms with Gasteiger partial charge in [-0.15, -0.1) is 0 Å². The van der Waals surface area contributed by atoms with Crippen LogP contribution in [0, 0.1) is 11.3 Å². The largest absolute Gasteiger partial charge is 0.378 e. The molecule has 5 heteroatoms. The van der Waals surface area contributed by atoms with E-state index in [-0.39, 0.29) is 5.91 Å². The van der Waals surface area contributed by atoms with Gasteiger partial charge in [0.05, 0.1) is 23.9 Å². The monoisotopic (exact) mass is 287 g/mol. The minimum absolute atomic E-state index is 0.0763. The maximum absolute atomic E-state index is 12.1. The molecule has 0 radical (unpaired) electrons. The number of hydrogen-bond donors (Lipinski definition) is 1. The highest BCUT2D eigenvalue weighted by Gasteiger charge is 2.21. The average molecular weight is 287 g/mol. The second-order valence-electron chi connectivity index (χ2n) is 5.14. The number of hydrogen-bond acceptors (Lipinski definition) is 4. The van der Waals surface area contributed by atoms with Gasteiger partial charge in [-0.1, -0.05) is 12.1 Å². The van der Waals surface area contributed by atoms with Gasteiger partial charge in [0.1, 0.15) is 6.07 Å². The fraction of sp³-hybridized carbons (Fsp3) is 0.500. The summed E-state index contributed by atoms with van der Waals surface area (Å²) in [5.41, 5.74) is 1.06. The predicted molar refractivity (Wildman–Crippen MR) is 80.9 cm³/mol. The highest BCUT2D eigenvalue weighted by molar-refractivity contribution is 5.93. The smallest absolute Gasteiger partial charge is 0.238 e. The van der Waals surface area contributed by atoms with Crippen molar-refractivity contribution in [1.82, 2.24) is 4.90 Å². The summed E-state index contributed by atoms with van der Waals surface area (Å²) in [6, 6.07) is 9.12. The molecule has 2 rings (SSSR count). The van der Waals surface area contributed by atoms with Crippen LogP contribution >= 0.6 is 0 Å². The molecule has 1 N–H and O–H groups in total. The van der Waals surface area contributed by atoms with Crippen LogP contribution in [0.15, 0.2) is 24.3 Å². The number of anilines is 1. The molecule has 21 heavy (non-hydrogen) atoms. The van der Waals surface area contributed by atoms with Gasteiger partial charge >= 0.3 is 0 Å². The number of benzene rings is 1. The van der Waals surface area contributed by atoms with Gasteiger partial charge in [0.25, 0.3) is 0 Å². The van der Waals surface area contributed by atoms with Crippen LogP contribution in [-0.2, 0) is 9.53 Å². The molecule has 0 aromatic heterocycles. The Bertz CT molecular complexity index is 516. The molecule has 5 nitrogen and oxygen atoms in total. The fourth-order valence-corrected chi connectivity index (χ4v) is 2.55. The van der Waals surface area contributed by atoms with Crippen molar-refractivity contribution in [2.24, 2.45) is 0 Å². The topological polar surface area (TPSA) is 65.4 Å². The predicted octanol–water partition coefficient (Wildman–Crippen LogP) is 2.00. The number of likely N-dealkylation sites (tertiary alicyclic amines) is 1. The minimum atomic E-state index is -0.0763. The van der Waals surface area contributed by atoms with Gasteiger partial charge in [0.15, 0.2) is 0 Å². The number of nitriles is 1. The van der Waals surface area contributed by atoms with Gasteiger partial charge in [-0.25, -0.2) is 0 Å². The van der Waals surface area contributed by atoms with Crippen LogP contribution in [-0.4, -0.2) is 43.2 Å². The summed E-state index contributed by atoms with van der Waals surface area (Å²) in [6.45, 7) is 4.86. The molecule has 1 fully saturated rings. The molecule has 0 aliphatic carbocycles. The molecule has 0 saturated carbocycles. The van der Waals surface area contributed by atoms with Crippen molar-refractivity contribution >= 4 is 11.6 Å². The van der Waals surface area contributed by atoms with Crippen LogP contribution in [0.3, 0.4) is 0 Å². The number of nitrogens with zero attached hydrogens (tertiary/aromatic N) is 2. The van der Waals surface area contributed by atoms with Gasteiger partial charge in [-0.2, -0.15) is 5.26 Å². The van der Waals surface area contributed by atoms with E-state index in [2.05, 4.69) is 16.3 Å². The molecule has 1 aliphatic heterocycles. The van der Waals surface area contributed by atoms with E-state index < -0.39 is 0 Å². The zero-order chi connectivity index (χ0) is 15.1. The zero-order valence-electron chi connectivity index (χ0n) is 12.3. The lowest BCUT2D eigenvalue weighted by molar-refractivity contribution is -0.118. The first-order valence-corrected chi connectivity index (χ1v) is 7.36. The van der Waals surface area contributed by atoms with E-state index in [9.17, 15) is 4.79 Å². The van der Waals surface area contributed by atoms with Gasteiger partial charge in [0, 0.05) is 19.7 Å². The lowest BCUT2D eigenvalue weighted by Crippen LogP contribution is -2.41. The third-order valence-corrected chi connectivity index (χ3v) is 3.63. The Labute approximate surface area is 125 Å². The maximum atomic E-state index is 12.1. The van der Waals surface area contributed by atoms with Crippen LogP contribution in [0.4, 0.5) is 5.69 Å². The number of carbonyl (C=O) groups is 1. The summed E-state index contributed by atoms with van der Waals surface area (Å²) < 4.78 is 5.60. The molecular formula is C16H21N3O2. The lowest BCUT2D eigenvalue weighted by Gasteiger charge is -2.31. The Morgan fingerprint density at radius 2 is 2.14 bits per heavy atom. The van der Waals surface area contributed by atoms with E-state index >= 15 is 0 Å². The van der Waals surface area contributed by atoms with Crippen molar-refractivity contribution in [3.05, 3.63) is 29.8 Å². The number of rotatable bonds is 5. The summed E-state index contributed by atoms with van der Waals surface area (Å²) in [6.07, 6.45) is 2.26. The molecule has 0 spiro atoms. The van der Waals surface area contributed by atoms with Crippen molar-refractivity contribution in [3.8, 4) is 6.07 Å². The quantitative estimate of drug-likeness (QED) is 0.899. The van der Waals surface area contributed by atoms with E-state index in [0.29, 0.717) is 23.9 Å². The molecule has 112 valence electrons. The van der Waals surface area contributed by atoms with E-state index in [1.807, 2.05) is 13.0 Å². The highest BCUT2D eigenvalue weighted by Crippen LogP contribution is 2.15. The highest BCUT2D eigenvalue weighted by atomic mass is 16.5. The van der Waals surface area contributed by atoms with E-state index in [1.54, 1.807) is 18.2 Å². The Hall–Kier alpha value is -1.90. The SMILES string of the molecule is CCOC1CCN(CC(=O)Nc2ccccc2C#N)CC1. The number of nitrogens with one attached hydrogen (secondary N) is 1. The summed E-state index contributed by atoms with van der Waals surface area (Å²) in [5, 5.41) is 11.8. The van der Waals surface area contributed by atoms with Crippen LogP contribution in [0.2, 0.25) is 0 Å². The third kappa shape index (κ3) is 4.55. The number of amides is 1. The molecule has 1 amide bonds. The van der Waals surface area contributed by atoms with Gasteiger partial charge < -0.3 is 10.1 Å². The maximum Gasteiger partial charge on any atom is 0.238 e. The number of ether oxygens (including phenoxy) is 1. The van der Waals surface area contributed by atoms with Crippen LogP contribution in [0.1, 0.15) is 25.3 Å². The van der Waals surface area contributed by atoms with Crippen LogP contribution in [0.25, 0.3) is 0 Å². The number of para-hydroxylation sites is 1. The zero-order valence-corrected chi connectivity index (χ0v) is 12.3. The average Bonchev–Trinajstić information content (AvgIpc) is 2.50. The molecule has 0 atom stereocenters.